The van der Waals surface area contributed by atoms with Gasteiger partial charge in [-0.05, 0) is 30.0 Å². The van der Waals surface area contributed by atoms with Gasteiger partial charge in [0.25, 0.3) is 0 Å². The Kier molecular flexibility index (Phi) is 4.83. The molecule has 0 fully saturated rings. The number of esters is 1. The van der Waals surface area contributed by atoms with E-state index in [2.05, 4.69) is 11.7 Å². The molecule has 0 saturated heterocycles. The molecule has 1 N–H and O–H groups in total. The van der Waals surface area contributed by atoms with Crippen LogP contribution in [0.3, 0.4) is 0 Å². The predicted molar refractivity (Wildman–Crippen MR) is 62.4 cm³/mol. The molecule has 0 heterocycles. The molecular weight excluding hydrogens is 204 g/mol. The molecule has 3 heteroatoms. The average Bonchev–Trinajstić information content (AvgIpc) is 2.29. The van der Waals surface area contributed by atoms with Gasteiger partial charge in [0, 0.05) is 0 Å². The van der Waals surface area contributed by atoms with Crippen LogP contribution in [0.5, 0.6) is 5.75 Å². The molecule has 88 valence electrons. The van der Waals surface area contributed by atoms with Crippen molar-refractivity contribution in [2.75, 3.05) is 7.11 Å². The smallest absolute Gasteiger partial charge is 0.306 e. The summed E-state index contributed by atoms with van der Waals surface area (Å²) >= 11 is 0. The van der Waals surface area contributed by atoms with E-state index in [4.69, 9.17) is 0 Å². The molecule has 0 bridgehead atoms. The van der Waals surface area contributed by atoms with Gasteiger partial charge in [0.15, 0.2) is 0 Å². The zero-order valence-corrected chi connectivity index (χ0v) is 9.77. The molecule has 3 nitrogen and oxygen atoms in total. The fraction of sp³-hybridized carbons (Fsp3) is 0.462. The number of ether oxygens (including phenoxy) is 1. The van der Waals surface area contributed by atoms with Crippen molar-refractivity contribution in [3.05, 3.63) is 29.8 Å². The number of phenolic OH excluding ortho intramolecular Hbond substituents is 1. The highest BCUT2D eigenvalue weighted by Gasteiger charge is 2.15. The van der Waals surface area contributed by atoms with Crippen molar-refractivity contribution in [3.8, 4) is 5.75 Å². The fourth-order valence-corrected chi connectivity index (χ4v) is 1.77. The number of benzene rings is 1. The quantitative estimate of drug-likeness (QED) is 0.779. The van der Waals surface area contributed by atoms with Gasteiger partial charge in [-0.1, -0.05) is 25.5 Å². The molecule has 1 unspecified atom stereocenters. The fourth-order valence-electron chi connectivity index (χ4n) is 1.77. The third-order valence-corrected chi connectivity index (χ3v) is 2.64. The molecule has 1 aromatic carbocycles. The number of hydrogen-bond donors (Lipinski definition) is 1. The second-order valence-corrected chi connectivity index (χ2v) is 3.86. The number of aromatic hydroxyl groups is 1. The molecule has 1 aromatic rings. The standard InChI is InChI=1S/C13H18O3/c1-3-4-11(9-13(15)16-2)10-5-7-12(14)8-6-10/h5-8,11,14H,3-4,9H2,1-2H3. The summed E-state index contributed by atoms with van der Waals surface area (Å²) in [5, 5.41) is 9.20. The Balaban J connectivity index is 2.76. The highest BCUT2D eigenvalue weighted by atomic mass is 16.5. The molecule has 1 atom stereocenters. The molecular formula is C13H18O3. The monoisotopic (exact) mass is 222 g/mol. The third-order valence-electron chi connectivity index (χ3n) is 2.64. The molecule has 0 amide bonds. The number of carbonyl (C=O) groups is 1. The Morgan fingerprint density at radius 1 is 1.38 bits per heavy atom. The van der Waals surface area contributed by atoms with Gasteiger partial charge in [0.05, 0.1) is 13.5 Å². The van der Waals surface area contributed by atoms with Gasteiger partial charge in [-0.2, -0.15) is 0 Å². The summed E-state index contributed by atoms with van der Waals surface area (Å²) in [5.74, 6) is 0.238. The van der Waals surface area contributed by atoms with Crippen molar-refractivity contribution in [1.29, 1.82) is 0 Å². The van der Waals surface area contributed by atoms with E-state index in [1.165, 1.54) is 7.11 Å². The summed E-state index contributed by atoms with van der Waals surface area (Å²) in [5.41, 5.74) is 1.07. The highest BCUT2D eigenvalue weighted by molar-refractivity contribution is 5.70. The molecule has 0 aromatic heterocycles. The summed E-state index contributed by atoms with van der Waals surface area (Å²) in [6.07, 6.45) is 2.36. The lowest BCUT2D eigenvalue weighted by atomic mass is 9.91. The van der Waals surface area contributed by atoms with Gasteiger partial charge < -0.3 is 9.84 Å². The number of hydrogen-bond acceptors (Lipinski definition) is 3. The van der Waals surface area contributed by atoms with Gasteiger partial charge >= 0.3 is 5.97 Å². The maximum atomic E-state index is 11.3. The number of methoxy groups -OCH3 is 1. The van der Waals surface area contributed by atoms with Crippen LogP contribution in [-0.2, 0) is 9.53 Å². The Labute approximate surface area is 96.1 Å². The van der Waals surface area contributed by atoms with Gasteiger partial charge in [-0.3, -0.25) is 4.79 Å². The van der Waals surface area contributed by atoms with E-state index < -0.39 is 0 Å². The van der Waals surface area contributed by atoms with Crippen molar-refractivity contribution >= 4 is 5.97 Å². The van der Waals surface area contributed by atoms with E-state index in [0.717, 1.165) is 18.4 Å². The first-order valence-electron chi connectivity index (χ1n) is 5.53. The lowest BCUT2D eigenvalue weighted by Gasteiger charge is -2.15. The SMILES string of the molecule is CCCC(CC(=O)OC)c1ccc(O)cc1. The van der Waals surface area contributed by atoms with Crippen LogP contribution in [0.2, 0.25) is 0 Å². The molecule has 0 aliphatic carbocycles. The van der Waals surface area contributed by atoms with Gasteiger partial charge in [-0.25, -0.2) is 0 Å². The Morgan fingerprint density at radius 2 is 2.00 bits per heavy atom. The summed E-state index contributed by atoms with van der Waals surface area (Å²) in [6, 6.07) is 7.02. The number of carbonyl (C=O) groups excluding carboxylic acids is 1. The normalized spacial score (nSPS) is 12.1. The molecule has 0 saturated carbocycles. The van der Waals surface area contributed by atoms with Gasteiger partial charge in [-0.15, -0.1) is 0 Å². The molecule has 0 aliphatic rings. The average molecular weight is 222 g/mol. The van der Waals surface area contributed by atoms with E-state index in [9.17, 15) is 9.90 Å². The second-order valence-electron chi connectivity index (χ2n) is 3.86. The molecule has 1 rings (SSSR count). The maximum absolute atomic E-state index is 11.3. The van der Waals surface area contributed by atoms with Crippen molar-refractivity contribution in [2.45, 2.75) is 32.1 Å². The third kappa shape index (κ3) is 3.57. The predicted octanol–water partition coefficient (Wildman–Crippen LogP) is 2.84. The van der Waals surface area contributed by atoms with Crippen LogP contribution in [0.1, 0.15) is 37.7 Å². The van der Waals surface area contributed by atoms with Crippen LogP contribution in [0.25, 0.3) is 0 Å². The first-order valence-corrected chi connectivity index (χ1v) is 5.53. The Morgan fingerprint density at radius 3 is 2.50 bits per heavy atom. The largest absolute Gasteiger partial charge is 0.508 e. The first-order chi connectivity index (χ1) is 7.67. The molecule has 0 aliphatic heterocycles. The van der Waals surface area contributed by atoms with E-state index >= 15 is 0 Å². The topological polar surface area (TPSA) is 46.5 Å². The Bertz CT molecular complexity index is 330. The van der Waals surface area contributed by atoms with Crippen LogP contribution >= 0.6 is 0 Å². The molecule has 0 radical (unpaired) electrons. The minimum atomic E-state index is -0.188. The zero-order valence-electron chi connectivity index (χ0n) is 9.77. The van der Waals surface area contributed by atoms with Crippen LogP contribution in [0, 0.1) is 0 Å². The van der Waals surface area contributed by atoms with Crippen molar-refractivity contribution in [3.63, 3.8) is 0 Å². The van der Waals surface area contributed by atoms with Crippen LogP contribution in [-0.4, -0.2) is 18.2 Å². The van der Waals surface area contributed by atoms with Crippen LogP contribution < -0.4 is 0 Å². The van der Waals surface area contributed by atoms with Crippen molar-refractivity contribution in [2.24, 2.45) is 0 Å². The minimum Gasteiger partial charge on any atom is -0.508 e. The second kappa shape index (κ2) is 6.16. The van der Waals surface area contributed by atoms with E-state index in [1.807, 2.05) is 12.1 Å². The van der Waals surface area contributed by atoms with Crippen LogP contribution in [0.15, 0.2) is 24.3 Å². The van der Waals surface area contributed by atoms with Crippen molar-refractivity contribution < 1.29 is 14.6 Å². The summed E-state index contributed by atoms with van der Waals surface area (Å²) in [4.78, 5) is 11.3. The van der Waals surface area contributed by atoms with E-state index in [1.54, 1.807) is 12.1 Å². The number of phenols is 1. The summed E-state index contributed by atoms with van der Waals surface area (Å²) < 4.78 is 4.68. The maximum Gasteiger partial charge on any atom is 0.306 e. The van der Waals surface area contributed by atoms with Gasteiger partial charge in [0.2, 0.25) is 0 Å². The molecule has 0 spiro atoms. The van der Waals surface area contributed by atoms with E-state index in [0.29, 0.717) is 6.42 Å². The summed E-state index contributed by atoms with van der Waals surface area (Å²) in [7, 11) is 1.40. The minimum absolute atomic E-state index is 0.179. The Hall–Kier alpha value is -1.51. The molecule has 16 heavy (non-hydrogen) atoms. The van der Waals surface area contributed by atoms with Gasteiger partial charge in [0.1, 0.15) is 5.75 Å². The lowest BCUT2D eigenvalue weighted by molar-refractivity contribution is -0.141. The lowest BCUT2D eigenvalue weighted by Crippen LogP contribution is -2.08. The zero-order chi connectivity index (χ0) is 12.0. The highest BCUT2D eigenvalue weighted by Crippen LogP contribution is 2.26. The van der Waals surface area contributed by atoms with Crippen LogP contribution in [0.4, 0.5) is 0 Å². The van der Waals surface area contributed by atoms with Crippen molar-refractivity contribution in [1.82, 2.24) is 0 Å². The first kappa shape index (κ1) is 12.6. The summed E-state index contributed by atoms with van der Waals surface area (Å²) in [6.45, 7) is 2.09. The van der Waals surface area contributed by atoms with E-state index in [-0.39, 0.29) is 17.6 Å². The number of rotatable bonds is 5.